The molecule has 0 fully saturated rings. The van der Waals surface area contributed by atoms with Crippen LogP contribution in [0.15, 0.2) is 42.5 Å². The van der Waals surface area contributed by atoms with Gasteiger partial charge in [0, 0.05) is 11.4 Å². The van der Waals surface area contributed by atoms with Crippen LogP contribution < -0.4 is 10.6 Å². The maximum Gasteiger partial charge on any atom is 0.237 e. The highest BCUT2D eigenvalue weighted by Crippen LogP contribution is 2.25. The molecular formula is C17H15Cl2FN2O2S. The topological polar surface area (TPSA) is 58.2 Å². The molecule has 2 amide bonds. The van der Waals surface area contributed by atoms with Crippen LogP contribution in [-0.4, -0.2) is 22.8 Å². The number of amides is 2. The van der Waals surface area contributed by atoms with Crippen molar-refractivity contribution in [2.24, 2.45) is 0 Å². The highest BCUT2D eigenvalue weighted by atomic mass is 35.5. The lowest BCUT2D eigenvalue weighted by Gasteiger charge is -2.12. The Morgan fingerprint density at radius 1 is 1.04 bits per heavy atom. The number of carbonyl (C=O) groups excluding carboxylic acids is 2. The minimum atomic E-state index is -0.451. The summed E-state index contributed by atoms with van der Waals surface area (Å²) in [6, 6.07) is 10.3. The number of hydrogen-bond acceptors (Lipinski definition) is 3. The van der Waals surface area contributed by atoms with Crippen LogP contribution in [0.5, 0.6) is 0 Å². The van der Waals surface area contributed by atoms with Crippen molar-refractivity contribution in [3.05, 3.63) is 58.3 Å². The molecule has 132 valence electrons. The van der Waals surface area contributed by atoms with Crippen molar-refractivity contribution in [1.82, 2.24) is 0 Å². The number of anilines is 2. The molecule has 2 aromatic carbocycles. The van der Waals surface area contributed by atoms with E-state index in [4.69, 9.17) is 23.2 Å². The summed E-state index contributed by atoms with van der Waals surface area (Å²) in [4.78, 5) is 24.0. The highest BCUT2D eigenvalue weighted by molar-refractivity contribution is 8.01. The molecule has 0 aromatic heterocycles. The van der Waals surface area contributed by atoms with Crippen LogP contribution in [0.1, 0.15) is 6.92 Å². The molecule has 0 spiro atoms. The Labute approximate surface area is 159 Å². The zero-order chi connectivity index (χ0) is 18.4. The Morgan fingerprint density at radius 3 is 2.32 bits per heavy atom. The second-order valence-electron chi connectivity index (χ2n) is 5.13. The standard InChI is InChI=1S/C17H15Cl2FN2O2S/c1-10(17(24)22-13-6-7-14(18)15(19)8-13)25-9-16(23)21-12-4-2-11(20)3-5-12/h2-8,10H,9H2,1H3,(H,21,23)(H,22,24). The van der Waals surface area contributed by atoms with E-state index in [0.29, 0.717) is 21.4 Å². The van der Waals surface area contributed by atoms with E-state index in [2.05, 4.69) is 10.6 Å². The number of rotatable bonds is 6. The second kappa shape index (κ2) is 9.08. The second-order valence-corrected chi connectivity index (χ2v) is 7.27. The summed E-state index contributed by atoms with van der Waals surface area (Å²) in [6.07, 6.45) is 0. The molecular weight excluding hydrogens is 386 g/mol. The summed E-state index contributed by atoms with van der Waals surface area (Å²) >= 11 is 12.9. The Morgan fingerprint density at radius 2 is 1.68 bits per heavy atom. The summed E-state index contributed by atoms with van der Waals surface area (Å²) in [6.45, 7) is 1.70. The lowest BCUT2D eigenvalue weighted by atomic mass is 10.3. The van der Waals surface area contributed by atoms with Crippen molar-refractivity contribution in [1.29, 1.82) is 0 Å². The fourth-order valence-corrected chi connectivity index (χ4v) is 2.81. The van der Waals surface area contributed by atoms with Gasteiger partial charge in [0.05, 0.1) is 21.0 Å². The number of thioether (sulfide) groups is 1. The summed E-state index contributed by atoms with van der Waals surface area (Å²) in [5, 5.41) is 5.65. The van der Waals surface area contributed by atoms with Gasteiger partial charge < -0.3 is 10.6 Å². The molecule has 1 unspecified atom stereocenters. The maximum atomic E-state index is 12.8. The van der Waals surface area contributed by atoms with Crippen molar-refractivity contribution in [2.45, 2.75) is 12.2 Å². The van der Waals surface area contributed by atoms with Crippen molar-refractivity contribution in [2.75, 3.05) is 16.4 Å². The molecule has 0 aliphatic rings. The van der Waals surface area contributed by atoms with E-state index < -0.39 is 5.25 Å². The van der Waals surface area contributed by atoms with Gasteiger partial charge in [0.1, 0.15) is 5.82 Å². The fourth-order valence-electron chi connectivity index (χ4n) is 1.82. The first-order valence-corrected chi connectivity index (χ1v) is 9.08. The zero-order valence-corrected chi connectivity index (χ0v) is 15.5. The van der Waals surface area contributed by atoms with Crippen LogP contribution in [0.4, 0.5) is 15.8 Å². The van der Waals surface area contributed by atoms with Gasteiger partial charge in [0.25, 0.3) is 0 Å². The maximum absolute atomic E-state index is 12.8. The average Bonchev–Trinajstić information content (AvgIpc) is 2.58. The van der Waals surface area contributed by atoms with Crippen molar-refractivity contribution in [3.63, 3.8) is 0 Å². The molecule has 2 rings (SSSR count). The first-order chi connectivity index (χ1) is 11.8. The van der Waals surface area contributed by atoms with Gasteiger partial charge in [0.15, 0.2) is 0 Å². The molecule has 0 heterocycles. The van der Waals surface area contributed by atoms with Crippen LogP contribution in [0.3, 0.4) is 0 Å². The van der Waals surface area contributed by atoms with Gasteiger partial charge in [-0.3, -0.25) is 9.59 Å². The van der Waals surface area contributed by atoms with Gasteiger partial charge in [-0.25, -0.2) is 4.39 Å². The van der Waals surface area contributed by atoms with Gasteiger partial charge in [0.2, 0.25) is 11.8 Å². The molecule has 25 heavy (non-hydrogen) atoms. The van der Waals surface area contributed by atoms with E-state index in [1.165, 1.54) is 36.0 Å². The van der Waals surface area contributed by atoms with E-state index >= 15 is 0 Å². The molecule has 2 aromatic rings. The van der Waals surface area contributed by atoms with Crippen LogP contribution in [0.25, 0.3) is 0 Å². The zero-order valence-electron chi connectivity index (χ0n) is 13.2. The predicted octanol–water partition coefficient (Wildman–Crippen LogP) is 4.83. The molecule has 0 saturated heterocycles. The number of hydrogen-bond donors (Lipinski definition) is 2. The Bertz CT molecular complexity index is 772. The summed E-state index contributed by atoms with van der Waals surface area (Å²) in [7, 11) is 0. The lowest BCUT2D eigenvalue weighted by Crippen LogP contribution is -2.25. The molecule has 4 nitrogen and oxygen atoms in total. The smallest absolute Gasteiger partial charge is 0.237 e. The van der Waals surface area contributed by atoms with Crippen LogP contribution in [0.2, 0.25) is 10.0 Å². The Balaban J connectivity index is 1.81. The van der Waals surface area contributed by atoms with E-state index in [-0.39, 0.29) is 23.4 Å². The normalized spacial score (nSPS) is 11.7. The van der Waals surface area contributed by atoms with Crippen molar-refractivity contribution in [3.8, 4) is 0 Å². The summed E-state index contributed by atoms with van der Waals surface area (Å²) < 4.78 is 12.8. The van der Waals surface area contributed by atoms with E-state index in [9.17, 15) is 14.0 Å². The van der Waals surface area contributed by atoms with Gasteiger partial charge >= 0.3 is 0 Å². The molecule has 0 saturated carbocycles. The summed E-state index contributed by atoms with van der Waals surface area (Å²) in [5.41, 5.74) is 1.03. The molecule has 0 bridgehead atoms. The van der Waals surface area contributed by atoms with Crippen molar-refractivity contribution < 1.29 is 14.0 Å². The van der Waals surface area contributed by atoms with E-state index in [0.717, 1.165) is 0 Å². The minimum absolute atomic E-state index is 0.0906. The number of carbonyl (C=O) groups is 2. The van der Waals surface area contributed by atoms with Gasteiger partial charge in [-0.1, -0.05) is 23.2 Å². The molecule has 0 aliphatic carbocycles. The fraction of sp³-hybridized carbons (Fsp3) is 0.176. The molecule has 0 aliphatic heterocycles. The molecule has 0 radical (unpaired) electrons. The van der Waals surface area contributed by atoms with E-state index in [1.807, 2.05) is 0 Å². The Hall–Kier alpha value is -1.76. The third kappa shape index (κ3) is 6.23. The molecule has 1 atom stereocenters. The van der Waals surface area contributed by atoms with Crippen LogP contribution in [0, 0.1) is 5.82 Å². The number of halogens is 3. The monoisotopic (exact) mass is 400 g/mol. The van der Waals surface area contributed by atoms with Gasteiger partial charge in [-0.15, -0.1) is 11.8 Å². The van der Waals surface area contributed by atoms with Gasteiger partial charge in [-0.2, -0.15) is 0 Å². The minimum Gasteiger partial charge on any atom is -0.325 e. The first kappa shape index (κ1) is 19.6. The van der Waals surface area contributed by atoms with Gasteiger partial charge in [-0.05, 0) is 49.4 Å². The number of benzene rings is 2. The first-order valence-electron chi connectivity index (χ1n) is 7.28. The average molecular weight is 401 g/mol. The molecule has 8 heteroatoms. The SMILES string of the molecule is CC(SCC(=O)Nc1ccc(F)cc1)C(=O)Nc1ccc(Cl)c(Cl)c1. The Kier molecular flexibility index (Phi) is 7.11. The molecule has 2 N–H and O–H groups in total. The predicted molar refractivity (Wildman–Crippen MR) is 102 cm³/mol. The largest absolute Gasteiger partial charge is 0.325 e. The highest BCUT2D eigenvalue weighted by Gasteiger charge is 2.16. The third-order valence-electron chi connectivity index (χ3n) is 3.15. The number of nitrogens with one attached hydrogen (secondary N) is 2. The third-order valence-corrected chi connectivity index (χ3v) is 5.03. The van der Waals surface area contributed by atoms with Crippen molar-refractivity contribution >= 4 is 58.2 Å². The van der Waals surface area contributed by atoms with Crippen LogP contribution in [-0.2, 0) is 9.59 Å². The quantitative estimate of drug-likeness (QED) is 0.729. The van der Waals surface area contributed by atoms with Crippen LogP contribution >= 0.6 is 35.0 Å². The summed E-state index contributed by atoms with van der Waals surface area (Å²) in [5.74, 6) is -0.809. The van der Waals surface area contributed by atoms with E-state index in [1.54, 1.807) is 25.1 Å². The lowest BCUT2D eigenvalue weighted by molar-refractivity contribution is -0.115.